The minimum Gasteiger partial charge on any atom is -0.378 e. The largest absolute Gasteiger partial charge is 0.378 e. The fraction of sp³-hybridized carbons (Fsp3) is 0.917. The predicted octanol–water partition coefficient (Wildman–Crippen LogP) is 0.280. The second-order valence-electron chi connectivity index (χ2n) is 5.26. The lowest BCUT2D eigenvalue weighted by atomic mass is 9.81. The van der Waals surface area contributed by atoms with Crippen molar-refractivity contribution in [2.45, 2.75) is 37.8 Å². The molecule has 0 spiro atoms. The first-order valence-corrected chi connectivity index (χ1v) is 6.47. The van der Waals surface area contributed by atoms with Gasteiger partial charge < -0.3 is 15.4 Å². The van der Waals surface area contributed by atoms with Crippen LogP contribution >= 0.6 is 0 Å². The van der Waals surface area contributed by atoms with Crippen LogP contribution in [0.1, 0.15) is 25.7 Å². The molecule has 3 fully saturated rings. The third kappa shape index (κ3) is 1.84. The second kappa shape index (κ2) is 4.34. The molecule has 3 unspecified atom stereocenters. The molecular formula is C12H20N2O2. The van der Waals surface area contributed by atoms with E-state index in [1.807, 2.05) is 0 Å². The third-order valence-corrected chi connectivity index (χ3v) is 4.26. The molecule has 3 rings (SSSR count). The lowest BCUT2D eigenvalue weighted by molar-refractivity contribution is -0.128. The van der Waals surface area contributed by atoms with E-state index in [0.29, 0.717) is 18.1 Å². The van der Waals surface area contributed by atoms with E-state index in [-0.39, 0.29) is 11.8 Å². The number of fused-ring (bicyclic) bond motifs is 1. The highest BCUT2D eigenvalue weighted by atomic mass is 16.5. The molecule has 90 valence electrons. The molecule has 2 aliphatic heterocycles. The van der Waals surface area contributed by atoms with Gasteiger partial charge in [0.15, 0.2) is 0 Å². The average Bonchev–Trinajstić information content (AvgIpc) is 2.63. The van der Waals surface area contributed by atoms with Crippen molar-refractivity contribution in [3.05, 3.63) is 0 Å². The maximum absolute atomic E-state index is 11.9. The van der Waals surface area contributed by atoms with Crippen LogP contribution in [-0.2, 0) is 9.53 Å². The van der Waals surface area contributed by atoms with Crippen molar-refractivity contribution in [3.8, 4) is 0 Å². The summed E-state index contributed by atoms with van der Waals surface area (Å²) in [5, 5.41) is 6.37. The molecule has 0 bridgehead atoms. The van der Waals surface area contributed by atoms with Crippen LogP contribution in [0.25, 0.3) is 0 Å². The van der Waals surface area contributed by atoms with Crippen molar-refractivity contribution in [1.82, 2.24) is 10.6 Å². The summed E-state index contributed by atoms with van der Waals surface area (Å²) in [5.74, 6) is 1.03. The minimum atomic E-state index is 0.211. The number of hydrogen-bond acceptors (Lipinski definition) is 3. The number of rotatable bonds is 2. The molecule has 0 aromatic carbocycles. The molecule has 4 heteroatoms. The van der Waals surface area contributed by atoms with Crippen LogP contribution in [0.3, 0.4) is 0 Å². The van der Waals surface area contributed by atoms with Gasteiger partial charge in [0.25, 0.3) is 0 Å². The molecule has 0 aromatic rings. The van der Waals surface area contributed by atoms with Gasteiger partial charge in [-0.05, 0) is 25.7 Å². The maximum Gasteiger partial charge on any atom is 0.225 e. The van der Waals surface area contributed by atoms with Crippen molar-refractivity contribution < 1.29 is 9.53 Å². The van der Waals surface area contributed by atoms with Gasteiger partial charge in [0, 0.05) is 31.7 Å². The molecule has 0 aromatic heterocycles. The van der Waals surface area contributed by atoms with Crippen LogP contribution in [0.15, 0.2) is 0 Å². The normalized spacial score (nSPS) is 38.9. The number of ether oxygens (including phenoxy) is 1. The molecule has 2 N–H and O–H groups in total. The smallest absolute Gasteiger partial charge is 0.225 e. The zero-order valence-corrected chi connectivity index (χ0v) is 9.58. The lowest BCUT2D eigenvalue weighted by Crippen LogP contribution is -2.55. The molecule has 3 aliphatic rings. The van der Waals surface area contributed by atoms with Gasteiger partial charge in [-0.3, -0.25) is 4.79 Å². The summed E-state index contributed by atoms with van der Waals surface area (Å²) in [6, 6.07) is 0.370. The number of hydrogen-bond donors (Lipinski definition) is 2. The van der Waals surface area contributed by atoms with Crippen molar-refractivity contribution >= 4 is 5.91 Å². The minimum absolute atomic E-state index is 0.211. The van der Waals surface area contributed by atoms with Crippen LogP contribution in [-0.4, -0.2) is 37.7 Å². The molecule has 1 saturated carbocycles. The molecule has 3 atom stereocenters. The first-order chi connectivity index (χ1) is 7.84. The number of carbonyl (C=O) groups is 1. The van der Waals surface area contributed by atoms with Crippen LogP contribution in [0.4, 0.5) is 0 Å². The van der Waals surface area contributed by atoms with Crippen LogP contribution < -0.4 is 10.6 Å². The third-order valence-electron chi connectivity index (χ3n) is 4.26. The Balaban J connectivity index is 1.58. The maximum atomic E-state index is 11.9. The Morgan fingerprint density at radius 2 is 2.12 bits per heavy atom. The summed E-state index contributed by atoms with van der Waals surface area (Å²) in [4.78, 5) is 11.9. The van der Waals surface area contributed by atoms with E-state index < -0.39 is 0 Å². The van der Waals surface area contributed by atoms with Crippen molar-refractivity contribution in [1.29, 1.82) is 0 Å². The van der Waals surface area contributed by atoms with Gasteiger partial charge in [0.2, 0.25) is 5.91 Å². The first-order valence-electron chi connectivity index (χ1n) is 6.47. The van der Waals surface area contributed by atoms with Crippen LogP contribution in [0.2, 0.25) is 0 Å². The summed E-state index contributed by atoms with van der Waals surface area (Å²) >= 11 is 0. The molecule has 4 nitrogen and oxygen atoms in total. The van der Waals surface area contributed by atoms with Crippen molar-refractivity contribution in [2.24, 2.45) is 11.8 Å². The fourth-order valence-corrected chi connectivity index (χ4v) is 3.13. The van der Waals surface area contributed by atoms with E-state index in [1.54, 1.807) is 0 Å². The van der Waals surface area contributed by atoms with E-state index in [9.17, 15) is 4.79 Å². The molecule has 1 aliphatic carbocycles. The topological polar surface area (TPSA) is 50.4 Å². The van der Waals surface area contributed by atoms with Gasteiger partial charge in [0.1, 0.15) is 0 Å². The Labute approximate surface area is 96.1 Å². The monoisotopic (exact) mass is 224 g/mol. The summed E-state index contributed by atoms with van der Waals surface area (Å²) in [5.41, 5.74) is 0. The molecule has 1 amide bonds. The van der Waals surface area contributed by atoms with Gasteiger partial charge >= 0.3 is 0 Å². The van der Waals surface area contributed by atoms with Crippen molar-refractivity contribution in [3.63, 3.8) is 0 Å². The zero-order valence-electron chi connectivity index (χ0n) is 9.58. The van der Waals surface area contributed by atoms with E-state index in [2.05, 4.69) is 10.6 Å². The second-order valence-corrected chi connectivity index (χ2v) is 5.26. The average molecular weight is 224 g/mol. The summed E-state index contributed by atoms with van der Waals surface area (Å²) in [6.07, 6.45) is 5.05. The predicted molar refractivity (Wildman–Crippen MR) is 60.0 cm³/mol. The first kappa shape index (κ1) is 10.5. The van der Waals surface area contributed by atoms with Crippen LogP contribution in [0.5, 0.6) is 0 Å². The molecule has 2 saturated heterocycles. The van der Waals surface area contributed by atoms with Gasteiger partial charge in [-0.2, -0.15) is 0 Å². The number of amides is 1. The van der Waals surface area contributed by atoms with Crippen LogP contribution in [0, 0.1) is 11.8 Å². The van der Waals surface area contributed by atoms with E-state index >= 15 is 0 Å². The Morgan fingerprint density at radius 3 is 2.88 bits per heavy atom. The van der Waals surface area contributed by atoms with E-state index in [1.165, 1.54) is 12.8 Å². The summed E-state index contributed by atoms with van der Waals surface area (Å²) < 4.78 is 5.71. The molecular weight excluding hydrogens is 204 g/mol. The Morgan fingerprint density at radius 1 is 1.25 bits per heavy atom. The summed E-state index contributed by atoms with van der Waals surface area (Å²) in [6.45, 7) is 2.58. The standard InChI is InChI=1S/C12H20N2O2/c15-12(8-6-13-7-8)14-10-2-1-3-11-9(10)4-5-16-11/h8-11,13H,1-7H2,(H,14,15). The highest BCUT2D eigenvalue weighted by Gasteiger charge is 2.39. The highest BCUT2D eigenvalue weighted by Crippen LogP contribution is 2.34. The van der Waals surface area contributed by atoms with E-state index in [0.717, 1.165) is 32.5 Å². The molecule has 0 radical (unpaired) electrons. The Bertz CT molecular complexity index is 278. The summed E-state index contributed by atoms with van der Waals surface area (Å²) in [7, 11) is 0. The van der Waals surface area contributed by atoms with Gasteiger partial charge in [-0.15, -0.1) is 0 Å². The van der Waals surface area contributed by atoms with Gasteiger partial charge in [-0.1, -0.05) is 0 Å². The molecule has 16 heavy (non-hydrogen) atoms. The number of nitrogens with one attached hydrogen (secondary N) is 2. The number of carbonyl (C=O) groups excluding carboxylic acids is 1. The zero-order chi connectivity index (χ0) is 11.0. The fourth-order valence-electron chi connectivity index (χ4n) is 3.13. The Kier molecular flexibility index (Phi) is 2.86. The Hall–Kier alpha value is -0.610. The SMILES string of the molecule is O=C(NC1CCCC2OCCC12)C1CNC1. The van der Waals surface area contributed by atoms with Gasteiger partial charge in [0.05, 0.1) is 12.0 Å². The van der Waals surface area contributed by atoms with Crippen molar-refractivity contribution in [2.75, 3.05) is 19.7 Å². The lowest BCUT2D eigenvalue weighted by Gasteiger charge is -2.35. The quantitative estimate of drug-likeness (QED) is 0.708. The molecule has 2 heterocycles. The van der Waals surface area contributed by atoms with E-state index in [4.69, 9.17) is 4.74 Å². The highest BCUT2D eigenvalue weighted by molar-refractivity contribution is 5.80. The van der Waals surface area contributed by atoms with Gasteiger partial charge in [-0.25, -0.2) is 0 Å².